The summed E-state index contributed by atoms with van der Waals surface area (Å²) in [5.41, 5.74) is 5.28. The van der Waals surface area contributed by atoms with E-state index in [1.807, 2.05) is 42.6 Å². The highest BCUT2D eigenvalue weighted by atomic mass is 32.1. The summed E-state index contributed by atoms with van der Waals surface area (Å²) >= 11 is 1.51. The maximum atomic E-state index is 8.74. The van der Waals surface area contributed by atoms with E-state index in [0.717, 1.165) is 16.4 Å². The fourth-order valence-electron chi connectivity index (χ4n) is 1.82. The van der Waals surface area contributed by atoms with Crippen LogP contribution >= 0.6 is 11.3 Å². The molecule has 0 aliphatic carbocycles. The molecule has 24 heavy (non-hydrogen) atoms. The number of hydrazone groups is 1. The predicted molar refractivity (Wildman–Crippen MR) is 93.5 cm³/mol. The lowest BCUT2D eigenvalue weighted by atomic mass is 10.2. The van der Waals surface area contributed by atoms with Gasteiger partial charge in [0.25, 0.3) is 0 Å². The second kappa shape index (κ2) is 7.35. The van der Waals surface area contributed by atoms with E-state index < -0.39 is 0 Å². The number of thiazole rings is 1. The molecular formula is C17H13N5OS. The minimum absolute atomic E-state index is 0.441. The Morgan fingerprint density at radius 3 is 2.71 bits per heavy atom. The van der Waals surface area contributed by atoms with Crippen LogP contribution in [0.25, 0.3) is 0 Å². The molecule has 0 bridgehead atoms. The molecule has 0 saturated heterocycles. The van der Waals surface area contributed by atoms with E-state index in [4.69, 9.17) is 10.00 Å². The zero-order valence-corrected chi connectivity index (χ0v) is 13.6. The van der Waals surface area contributed by atoms with E-state index in [-0.39, 0.29) is 0 Å². The Kier molecular flexibility index (Phi) is 4.79. The lowest BCUT2D eigenvalue weighted by molar-refractivity contribution is 0.463. The lowest BCUT2D eigenvalue weighted by Gasteiger charge is -2.04. The lowest BCUT2D eigenvalue weighted by Crippen LogP contribution is -1.91. The number of nitriles is 1. The summed E-state index contributed by atoms with van der Waals surface area (Å²) in [6.45, 7) is 1.94. The van der Waals surface area contributed by atoms with Crippen molar-refractivity contribution in [1.82, 2.24) is 9.97 Å². The molecule has 1 aromatic carbocycles. The molecule has 2 aromatic heterocycles. The van der Waals surface area contributed by atoms with Crippen molar-refractivity contribution in [1.29, 1.82) is 5.26 Å². The van der Waals surface area contributed by atoms with Crippen LogP contribution in [-0.2, 0) is 0 Å². The Hall–Kier alpha value is -3.24. The molecule has 3 rings (SSSR count). The van der Waals surface area contributed by atoms with E-state index in [1.165, 1.54) is 17.5 Å². The number of nitrogens with zero attached hydrogens (tertiary/aromatic N) is 4. The van der Waals surface area contributed by atoms with Crippen LogP contribution in [-0.4, -0.2) is 16.2 Å². The van der Waals surface area contributed by atoms with Crippen LogP contribution < -0.4 is 10.2 Å². The van der Waals surface area contributed by atoms with Crippen LogP contribution in [0.3, 0.4) is 0 Å². The number of nitrogens with one attached hydrogen (secondary N) is 1. The zero-order chi connectivity index (χ0) is 16.8. The minimum Gasteiger partial charge on any atom is -0.439 e. The summed E-state index contributed by atoms with van der Waals surface area (Å²) < 4.78 is 5.62. The van der Waals surface area contributed by atoms with Gasteiger partial charge in [-0.3, -0.25) is 5.43 Å². The van der Waals surface area contributed by atoms with Crippen molar-refractivity contribution in [3.8, 4) is 17.7 Å². The second-order valence-electron chi connectivity index (χ2n) is 4.83. The minimum atomic E-state index is 0.441. The quantitative estimate of drug-likeness (QED) is 0.564. The molecule has 1 N–H and O–H groups in total. The number of benzene rings is 1. The van der Waals surface area contributed by atoms with Crippen molar-refractivity contribution in [2.75, 3.05) is 5.43 Å². The molecular weight excluding hydrogens is 322 g/mol. The van der Waals surface area contributed by atoms with Crippen molar-refractivity contribution < 1.29 is 4.74 Å². The van der Waals surface area contributed by atoms with Gasteiger partial charge in [0, 0.05) is 17.6 Å². The van der Waals surface area contributed by atoms with Crippen molar-refractivity contribution in [3.63, 3.8) is 0 Å². The summed E-state index contributed by atoms with van der Waals surface area (Å²) in [6.07, 6.45) is 3.18. The number of ether oxygens (including phenoxy) is 1. The zero-order valence-electron chi connectivity index (χ0n) is 12.8. The van der Waals surface area contributed by atoms with E-state index >= 15 is 0 Å². The monoisotopic (exact) mass is 335 g/mol. The van der Waals surface area contributed by atoms with Crippen LogP contribution in [0.1, 0.15) is 16.8 Å². The molecule has 6 nitrogen and oxygen atoms in total. The van der Waals surface area contributed by atoms with Crippen molar-refractivity contribution in [2.24, 2.45) is 5.10 Å². The van der Waals surface area contributed by atoms with Crippen LogP contribution in [0.2, 0.25) is 0 Å². The molecule has 0 saturated carbocycles. The van der Waals surface area contributed by atoms with Gasteiger partial charge in [-0.15, -0.1) is 11.3 Å². The van der Waals surface area contributed by atoms with Crippen LogP contribution in [0.5, 0.6) is 11.6 Å². The van der Waals surface area contributed by atoms with Crippen LogP contribution in [0, 0.1) is 18.3 Å². The smallest absolute Gasteiger partial charge is 0.219 e. The molecule has 0 radical (unpaired) electrons. The number of aryl methyl sites for hydroxylation is 1. The maximum Gasteiger partial charge on any atom is 0.219 e. The molecule has 0 aliphatic rings. The number of pyridine rings is 1. The third-order valence-electron chi connectivity index (χ3n) is 2.96. The number of anilines is 1. The summed E-state index contributed by atoms with van der Waals surface area (Å²) in [5.74, 6) is 1.10. The Bertz CT molecular complexity index is 879. The highest BCUT2D eigenvalue weighted by Gasteiger charge is 1.99. The van der Waals surface area contributed by atoms with E-state index in [0.29, 0.717) is 17.2 Å². The fourth-order valence-corrected chi connectivity index (χ4v) is 2.45. The largest absolute Gasteiger partial charge is 0.439 e. The van der Waals surface area contributed by atoms with Crippen molar-refractivity contribution >= 4 is 22.7 Å². The van der Waals surface area contributed by atoms with Gasteiger partial charge in [-0.2, -0.15) is 10.4 Å². The van der Waals surface area contributed by atoms with E-state index in [2.05, 4.69) is 20.5 Å². The Morgan fingerprint density at radius 1 is 1.25 bits per heavy atom. The molecule has 0 amide bonds. The molecule has 118 valence electrons. The standard InChI is InChI=1S/C17H13N5OS/c1-12-11-24-17(21-12)22-20-10-13-2-5-15(6-3-13)23-16-7-4-14(8-18)9-19-16/h2-7,9-11H,1H3,(H,21,22). The van der Waals surface area contributed by atoms with Gasteiger partial charge in [0.15, 0.2) is 0 Å². The summed E-state index contributed by atoms with van der Waals surface area (Å²) in [4.78, 5) is 8.33. The average molecular weight is 335 g/mol. The Morgan fingerprint density at radius 2 is 2.08 bits per heavy atom. The van der Waals surface area contributed by atoms with Crippen LogP contribution in [0.4, 0.5) is 5.13 Å². The third-order valence-corrected chi connectivity index (χ3v) is 3.83. The first-order chi connectivity index (χ1) is 11.7. The highest BCUT2D eigenvalue weighted by Crippen LogP contribution is 2.19. The van der Waals surface area contributed by atoms with Crippen molar-refractivity contribution in [3.05, 3.63) is 64.8 Å². The molecule has 2 heterocycles. The summed E-state index contributed by atoms with van der Waals surface area (Å²) in [7, 11) is 0. The average Bonchev–Trinajstić information content (AvgIpc) is 3.02. The van der Waals surface area contributed by atoms with Gasteiger partial charge in [-0.25, -0.2) is 9.97 Å². The van der Waals surface area contributed by atoms with Crippen LogP contribution in [0.15, 0.2) is 53.1 Å². The van der Waals surface area contributed by atoms with Gasteiger partial charge < -0.3 is 4.74 Å². The van der Waals surface area contributed by atoms with Gasteiger partial charge >= 0.3 is 0 Å². The highest BCUT2D eigenvalue weighted by molar-refractivity contribution is 7.13. The van der Waals surface area contributed by atoms with Gasteiger partial charge in [0.1, 0.15) is 11.8 Å². The number of hydrogen-bond donors (Lipinski definition) is 1. The number of aromatic nitrogens is 2. The Balaban J connectivity index is 1.59. The summed E-state index contributed by atoms with van der Waals surface area (Å²) in [5, 5.41) is 15.6. The fraction of sp³-hybridized carbons (Fsp3) is 0.0588. The topological polar surface area (TPSA) is 83.2 Å². The first kappa shape index (κ1) is 15.6. The molecule has 3 aromatic rings. The normalized spacial score (nSPS) is 10.5. The predicted octanol–water partition coefficient (Wildman–Crippen LogP) is 3.96. The molecule has 0 unspecified atom stereocenters. The van der Waals surface area contributed by atoms with Gasteiger partial charge in [-0.1, -0.05) is 0 Å². The van der Waals surface area contributed by atoms with E-state index in [1.54, 1.807) is 18.3 Å². The first-order valence-electron chi connectivity index (χ1n) is 7.08. The second-order valence-corrected chi connectivity index (χ2v) is 5.69. The number of rotatable bonds is 5. The molecule has 0 atom stereocenters. The van der Waals surface area contributed by atoms with E-state index in [9.17, 15) is 0 Å². The first-order valence-corrected chi connectivity index (χ1v) is 7.96. The SMILES string of the molecule is Cc1csc(NN=Cc2ccc(Oc3ccc(C#N)cn3)cc2)n1. The van der Waals surface area contributed by atoms with Crippen molar-refractivity contribution in [2.45, 2.75) is 6.92 Å². The molecule has 0 fully saturated rings. The summed E-state index contributed by atoms with van der Waals surface area (Å²) in [6, 6.07) is 12.8. The Labute approximate surface area is 143 Å². The maximum absolute atomic E-state index is 8.74. The molecule has 0 spiro atoms. The third kappa shape index (κ3) is 4.15. The molecule has 7 heteroatoms. The number of hydrogen-bond acceptors (Lipinski definition) is 7. The van der Waals surface area contributed by atoms with Gasteiger partial charge in [0.2, 0.25) is 11.0 Å². The molecule has 0 aliphatic heterocycles. The van der Waals surface area contributed by atoms with Gasteiger partial charge in [0.05, 0.1) is 17.5 Å². The van der Waals surface area contributed by atoms with Gasteiger partial charge in [-0.05, 0) is 42.8 Å².